The van der Waals surface area contributed by atoms with Crippen molar-refractivity contribution < 1.29 is 28.6 Å². The highest BCUT2D eigenvalue weighted by Crippen LogP contribution is 2.36. The van der Waals surface area contributed by atoms with Gasteiger partial charge < -0.3 is 19.1 Å². The number of carbonyl (C=O) groups is 3. The maximum atomic E-state index is 13.7. The van der Waals surface area contributed by atoms with Crippen LogP contribution in [0.3, 0.4) is 0 Å². The zero-order valence-corrected chi connectivity index (χ0v) is 39.1. The summed E-state index contributed by atoms with van der Waals surface area (Å²) in [4.78, 5) is 40.5. The molecule has 334 valence electrons. The molecule has 57 heavy (non-hydrogen) atoms. The molecule has 0 saturated carbocycles. The summed E-state index contributed by atoms with van der Waals surface area (Å²) in [7, 11) is 2.20. The number of hydrogen-bond donors (Lipinski definition) is 0. The third-order valence-corrected chi connectivity index (χ3v) is 11.2. The van der Waals surface area contributed by atoms with Crippen LogP contribution in [0.5, 0.6) is 0 Å². The Hall–Kier alpha value is -2.15. The summed E-state index contributed by atoms with van der Waals surface area (Å²) in [6.45, 7) is 19.3. The Kier molecular flexibility index (Phi) is 34.4. The summed E-state index contributed by atoms with van der Waals surface area (Å²) in [6.07, 6.45) is 36.0. The Balaban J connectivity index is 4.78. The van der Waals surface area contributed by atoms with E-state index in [2.05, 4.69) is 79.5 Å². The van der Waals surface area contributed by atoms with Crippen LogP contribution < -0.4 is 0 Å². The highest BCUT2D eigenvalue weighted by atomic mass is 16.5. The van der Waals surface area contributed by atoms with Gasteiger partial charge in [0.05, 0.1) is 5.41 Å². The number of ether oxygens (including phenoxy) is 3. The minimum Gasteiger partial charge on any atom is -0.462 e. The lowest BCUT2D eigenvalue weighted by molar-refractivity contribution is -0.162. The van der Waals surface area contributed by atoms with E-state index in [0.29, 0.717) is 32.1 Å². The van der Waals surface area contributed by atoms with Crippen LogP contribution in [-0.4, -0.2) is 61.8 Å². The molecule has 0 spiro atoms. The summed E-state index contributed by atoms with van der Waals surface area (Å²) < 4.78 is 17.1. The van der Waals surface area contributed by atoms with Crippen molar-refractivity contribution in [3.05, 3.63) is 24.3 Å². The van der Waals surface area contributed by atoms with Crippen molar-refractivity contribution in [2.24, 2.45) is 10.8 Å². The molecule has 0 aromatic heterocycles. The number of esters is 3. The molecular formula is C50H93NO6. The van der Waals surface area contributed by atoms with Crippen molar-refractivity contribution in [1.82, 2.24) is 4.90 Å². The first-order valence-corrected chi connectivity index (χ1v) is 23.8. The molecule has 1 atom stereocenters. The van der Waals surface area contributed by atoms with Crippen molar-refractivity contribution >= 4 is 17.9 Å². The fraction of sp³-hybridized carbons (Fsp3) is 0.860. The first-order valence-electron chi connectivity index (χ1n) is 23.8. The van der Waals surface area contributed by atoms with Crippen LogP contribution in [0.4, 0.5) is 0 Å². The summed E-state index contributed by atoms with van der Waals surface area (Å²) >= 11 is 0. The van der Waals surface area contributed by atoms with Gasteiger partial charge in [-0.3, -0.25) is 14.4 Å². The van der Waals surface area contributed by atoms with Gasteiger partial charge in [-0.1, -0.05) is 142 Å². The summed E-state index contributed by atoms with van der Waals surface area (Å²) in [5, 5.41) is 0. The predicted octanol–water partition coefficient (Wildman–Crippen LogP) is 14.1. The highest BCUT2D eigenvalue weighted by molar-refractivity contribution is 5.76. The summed E-state index contributed by atoms with van der Waals surface area (Å²) in [5.74, 6) is -0.303. The van der Waals surface area contributed by atoms with Crippen LogP contribution in [-0.2, 0) is 28.6 Å². The van der Waals surface area contributed by atoms with E-state index in [9.17, 15) is 14.4 Å². The molecule has 0 heterocycles. The van der Waals surface area contributed by atoms with Gasteiger partial charge in [-0.05, 0) is 110 Å². The molecule has 0 aromatic carbocycles. The molecule has 0 saturated heterocycles. The molecule has 0 aromatic rings. The van der Waals surface area contributed by atoms with Gasteiger partial charge in [0.15, 0.2) is 0 Å². The Morgan fingerprint density at radius 2 is 1.00 bits per heavy atom. The Bertz CT molecular complexity index is 997. The average molecular weight is 804 g/mol. The van der Waals surface area contributed by atoms with E-state index < -0.39 is 5.41 Å². The van der Waals surface area contributed by atoms with Gasteiger partial charge in [0.2, 0.25) is 0 Å². The van der Waals surface area contributed by atoms with Crippen molar-refractivity contribution in [2.45, 2.75) is 241 Å². The first kappa shape index (κ1) is 54.9. The van der Waals surface area contributed by atoms with E-state index >= 15 is 0 Å². The maximum absolute atomic E-state index is 13.7. The third kappa shape index (κ3) is 33.4. The fourth-order valence-corrected chi connectivity index (χ4v) is 7.89. The lowest BCUT2D eigenvalue weighted by Gasteiger charge is -2.38. The summed E-state index contributed by atoms with van der Waals surface area (Å²) in [6, 6.07) is 0.519. The molecule has 0 aliphatic carbocycles. The number of nitrogens with zero attached hydrogens (tertiary/aromatic N) is 1. The van der Waals surface area contributed by atoms with E-state index in [-0.39, 0.29) is 29.4 Å². The zero-order valence-electron chi connectivity index (χ0n) is 39.1. The molecule has 0 aliphatic heterocycles. The average Bonchev–Trinajstić information content (AvgIpc) is 3.15. The molecule has 0 amide bonds. The SMILES string of the molecule is CCCCCC/C=C\COC(=O)CCCCCCCC(CCCCCCCC(=O)OC/C=C\CCCCCC)OC(=O)C(C)(C)CC(C)(C)CN(C)C(C)CCC. The topological polar surface area (TPSA) is 82.1 Å². The molecule has 7 nitrogen and oxygen atoms in total. The molecule has 0 N–H and O–H groups in total. The Labute approximate surface area is 353 Å². The van der Waals surface area contributed by atoms with Crippen LogP contribution >= 0.6 is 0 Å². The van der Waals surface area contributed by atoms with Crippen LogP contribution in [0.1, 0.15) is 229 Å². The number of unbranched alkanes of at least 4 members (excludes halogenated alkanes) is 16. The van der Waals surface area contributed by atoms with E-state index in [4.69, 9.17) is 14.2 Å². The molecular weight excluding hydrogens is 711 g/mol. The zero-order chi connectivity index (χ0) is 42.6. The Morgan fingerprint density at radius 1 is 0.561 bits per heavy atom. The molecule has 7 heteroatoms. The van der Waals surface area contributed by atoms with Crippen LogP contribution in [0.25, 0.3) is 0 Å². The fourth-order valence-electron chi connectivity index (χ4n) is 7.89. The van der Waals surface area contributed by atoms with E-state index in [0.717, 1.165) is 103 Å². The van der Waals surface area contributed by atoms with Crippen molar-refractivity contribution in [3.8, 4) is 0 Å². The van der Waals surface area contributed by atoms with Crippen molar-refractivity contribution in [1.29, 1.82) is 0 Å². The first-order chi connectivity index (χ1) is 27.3. The normalized spacial score (nSPS) is 13.0. The van der Waals surface area contributed by atoms with Gasteiger partial charge in [0, 0.05) is 25.4 Å². The van der Waals surface area contributed by atoms with Gasteiger partial charge in [0.25, 0.3) is 0 Å². The second-order valence-corrected chi connectivity index (χ2v) is 18.4. The van der Waals surface area contributed by atoms with E-state index in [1.54, 1.807) is 0 Å². The van der Waals surface area contributed by atoms with Gasteiger partial charge in [-0.15, -0.1) is 0 Å². The minimum absolute atomic E-state index is 0.0250. The standard InChI is InChI=1S/C50H93NO6/c1-10-13-15-17-19-27-33-40-55-46(52)38-31-25-21-23-29-36-45(57-48(54)50(7,8)42-49(5,6)43-51(9)44(4)35-12-3)37-30-24-22-26-32-39-47(53)56-41-34-28-20-18-16-14-11-2/h27-28,33-34,44-45H,10-26,29-32,35-43H2,1-9H3/b33-27-,34-28-. The molecule has 0 radical (unpaired) electrons. The molecule has 0 fully saturated rings. The monoisotopic (exact) mass is 804 g/mol. The van der Waals surface area contributed by atoms with E-state index in [1.165, 1.54) is 64.2 Å². The van der Waals surface area contributed by atoms with Crippen LogP contribution in [0, 0.1) is 10.8 Å². The second-order valence-electron chi connectivity index (χ2n) is 18.4. The van der Waals surface area contributed by atoms with Crippen LogP contribution in [0.2, 0.25) is 0 Å². The lowest BCUT2D eigenvalue weighted by Crippen LogP contribution is -2.41. The van der Waals surface area contributed by atoms with Crippen molar-refractivity contribution in [3.63, 3.8) is 0 Å². The third-order valence-electron chi connectivity index (χ3n) is 11.2. The number of allylic oxidation sites excluding steroid dienone is 2. The Morgan fingerprint density at radius 3 is 1.46 bits per heavy atom. The lowest BCUT2D eigenvalue weighted by atomic mass is 9.74. The number of rotatable bonds is 39. The summed E-state index contributed by atoms with van der Waals surface area (Å²) in [5.41, 5.74) is -0.600. The molecule has 0 aliphatic rings. The van der Waals surface area contributed by atoms with Gasteiger partial charge in [-0.25, -0.2) is 0 Å². The van der Waals surface area contributed by atoms with Crippen LogP contribution in [0.15, 0.2) is 24.3 Å². The maximum Gasteiger partial charge on any atom is 0.311 e. The van der Waals surface area contributed by atoms with Crippen molar-refractivity contribution in [2.75, 3.05) is 26.8 Å². The largest absolute Gasteiger partial charge is 0.462 e. The molecule has 1 unspecified atom stereocenters. The smallest absolute Gasteiger partial charge is 0.311 e. The highest BCUT2D eigenvalue weighted by Gasteiger charge is 2.38. The predicted molar refractivity (Wildman–Crippen MR) is 241 cm³/mol. The quantitative estimate of drug-likeness (QED) is 0.0265. The molecule has 0 bridgehead atoms. The van der Waals surface area contributed by atoms with Gasteiger partial charge in [0.1, 0.15) is 19.3 Å². The van der Waals surface area contributed by atoms with Gasteiger partial charge in [-0.2, -0.15) is 0 Å². The number of carbonyl (C=O) groups excluding carboxylic acids is 3. The molecule has 0 rings (SSSR count). The minimum atomic E-state index is -0.575. The van der Waals surface area contributed by atoms with E-state index in [1.807, 2.05) is 12.2 Å². The second kappa shape index (κ2) is 35.8. The number of hydrogen-bond acceptors (Lipinski definition) is 7. The van der Waals surface area contributed by atoms with Gasteiger partial charge >= 0.3 is 17.9 Å².